The molecule has 3 N–H and O–H groups in total. The lowest BCUT2D eigenvalue weighted by molar-refractivity contribution is 0.0316. The van der Waals surface area contributed by atoms with Crippen LogP contribution in [0.15, 0.2) is 0 Å². The highest BCUT2D eigenvalue weighted by atomic mass is 16.3. The van der Waals surface area contributed by atoms with Gasteiger partial charge in [-0.1, -0.05) is 27.7 Å². The number of aliphatic hydroxyl groups is 1. The van der Waals surface area contributed by atoms with E-state index in [4.69, 9.17) is 5.73 Å². The summed E-state index contributed by atoms with van der Waals surface area (Å²) in [6, 6.07) is 0. The Morgan fingerprint density at radius 2 is 1.90 bits per heavy atom. The quantitative estimate of drug-likeness (QED) is 0.788. The number of hydrogen-bond donors (Lipinski definition) is 2. The van der Waals surface area contributed by atoms with E-state index in [9.17, 15) is 5.11 Å². The summed E-state index contributed by atoms with van der Waals surface area (Å²) in [7, 11) is 0. The van der Waals surface area contributed by atoms with Crippen molar-refractivity contribution in [3.05, 3.63) is 0 Å². The fraction of sp³-hybridized carbons (Fsp3) is 1.00. The first-order chi connectivity index (χ1) is 9.30. The Balaban J connectivity index is 2.32. The van der Waals surface area contributed by atoms with Crippen molar-refractivity contribution >= 4 is 0 Å². The molecule has 3 nitrogen and oxygen atoms in total. The van der Waals surface area contributed by atoms with Gasteiger partial charge in [0, 0.05) is 6.54 Å². The first-order valence-electron chi connectivity index (χ1n) is 8.45. The SMILES string of the molecule is CCC(O)(CN)CCCN1CCCC(C(C)(C)C)CC1. The summed E-state index contributed by atoms with van der Waals surface area (Å²) in [4.78, 5) is 2.58. The minimum absolute atomic E-state index is 0.385. The number of rotatable bonds is 6. The first kappa shape index (κ1) is 17.9. The third kappa shape index (κ3) is 5.71. The van der Waals surface area contributed by atoms with Gasteiger partial charge in [0.15, 0.2) is 0 Å². The number of nitrogens with two attached hydrogens (primary N) is 1. The van der Waals surface area contributed by atoms with Gasteiger partial charge in [-0.25, -0.2) is 0 Å². The zero-order chi connectivity index (χ0) is 15.2. The van der Waals surface area contributed by atoms with Crippen molar-refractivity contribution in [1.82, 2.24) is 4.90 Å². The van der Waals surface area contributed by atoms with Crippen LogP contribution in [-0.4, -0.2) is 41.8 Å². The topological polar surface area (TPSA) is 49.5 Å². The molecule has 0 saturated carbocycles. The van der Waals surface area contributed by atoms with Crippen LogP contribution in [-0.2, 0) is 0 Å². The molecule has 0 spiro atoms. The first-order valence-corrected chi connectivity index (χ1v) is 8.45. The fourth-order valence-electron chi connectivity index (χ4n) is 3.30. The molecular formula is C17H36N2O. The highest BCUT2D eigenvalue weighted by molar-refractivity contribution is 4.81. The standard InChI is InChI=1S/C17H36N2O/c1-5-17(20,14-18)10-7-12-19-11-6-8-15(9-13-19)16(2,3)4/h15,20H,5-14,18H2,1-4H3. The van der Waals surface area contributed by atoms with Crippen LogP contribution in [0.2, 0.25) is 0 Å². The minimum Gasteiger partial charge on any atom is -0.389 e. The summed E-state index contributed by atoms with van der Waals surface area (Å²) in [5, 5.41) is 10.2. The van der Waals surface area contributed by atoms with Crippen LogP contribution in [0.25, 0.3) is 0 Å². The van der Waals surface area contributed by atoms with Crippen molar-refractivity contribution in [2.45, 2.75) is 71.8 Å². The molecule has 0 aromatic heterocycles. The Kier molecular flexibility index (Phi) is 6.96. The third-order valence-corrected chi connectivity index (χ3v) is 5.20. The predicted octanol–water partition coefficient (Wildman–Crippen LogP) is 3.01. The van der Waals surface area contributed by atoms with Gasteiger partial charge in [0.2, 0.25) is 0 Å². The lowest BCUT2D eigenvalue weighted by Crippen LogP contribution is -2.38. The van der Waals surface area contributed by atoms with Gasteiger partial charge in [0.05, 0.1) is 5.60 Å². The molecular weight excluding hydrogens is 248 g/mol. The predicted molar refractivity (Wildman–Crippen MR) is 86.8 cm³/mol. The maximum absolute atomic E-state index is 10.2. The van der Waals surface area contributed by atoms with Gasteiger partial charge in [-0.05, 0) is 69.5 Å². The van der Waals surface area contributed by atoms with Gasteiger partial charge in [-0.15, -0.1) is 0 Å². The van der Waals surface area contributed by atoms with E-state index in [0.29, 0.717) is 12.0 Å². The van der Waals surface area contributed by atoms with Crippen LogP contribution < -0.4 is 5.73 Å². The Labute approximate surface area is 125 Å². The van der Waals surface area contributed by atoms with Crippen molar-refractivity contribution in [2.75, 3.05) is 26.2 Å². The molecule has 0 amide bonds. The van der Waals surface area contributed by atoms with E-state index in [2.05, 4.69) is 25.7 Å². The smallest absolute Gasteiger partial charge is 0.0767 e. The molecule has 2 atom stereocenters. The second-order valence-electron chi connectivity index (χ2n) is 7.72. The van der Waals surface area contributed by atoms with Crippen LogP contribution in [0.1, 0.15) is 66.2 Å². The highest BCUT2D eigenvalue weighted by Gasteiger charge is 2.27. The molecule has 1 aliphatic heterocycles. The van der Waals surface area contributed by atoms with Crippen molar-refractivity contribution in [1.29, 1.82) is 0 Å². The summed E-state index contributed by atoms with van der Waals surface area (Å²) in [6.45, 7) is 13.1. The molecule has 1 rings (SSSR count). The number of hydrogen-bond acceptors (Lipinski definition) is 3. The largest absolute Gasteiger partial charge is 0.389 e. The molecule has 1 fully saturated rings. The van der Waals surface area contributed by atoms with Gasteiger partial charge in [-0.2, -0.15) is 0 Å². The number of likely N-dealkylation sites (tertiary alicyclic amines) is 1. The minimum atomic E-state index is -0.639. The van der Waals surface area contributed by atoms with Crippen LogP contribution >= 0.6 is 0 Å². The molecule has 1 saturated heterocycles. The highest BCUT2D eigenvalue weighted by Crippen LogP contribution is 2.34. The molecule has 1 heterocycles. The molecule has 2 unspecified atom stereocenters. The van der Waals surface area contributed by atoms with Crippen LogP contribution in [0, 0.1) is 11.3 Å². The van der Waals surface area contributed by atoms with Crippen molar-refractivity contribution in [2.24, 2.45) is 17.1 Å². The number of nitrogens with zero attached hydrogens (tertiary/aromatic N) is 1. The Hall–Kier alpha value is -0.120. The van der Waals surface area contributed by atoms with E-state index >= 15 is 0 Å². The molecule has 0 aromatic carbocycles. The van der Waals surface area contributed by atoms with E-state index in [-0.39, 0.29) is 0 Å². The Morgan fingerprint density at radius 3 is 2.45 bits per heavy atom. The van der Waals surface area contributed by atoms with Gasteiger partial charge in [0.25, 0.3) is 0 Å². The molecule has 120 valence electrons. The Bertz CT molecular complexity index is 269. The van der Waals surface area contributed by atoms with E-state index in [1.165, 1.54) is 32.4 Å². The molecule has 0 radical (unpaired) electrons. The summed E-state index contributed by atoms with van der Waals surface area (Å²) in [5.41, 5.74) is 5.47. The zero-order valence-corrected chi connectivity index (χ0v) is 14.1. The van der Waals surface area contributed by atoms with Crippen LogP contribution in [0.5, 0.6) is 0 Å². The van der Waals surface area contributed by atoms with Gasteiger partial charge >= 0.3 is 0 Å². The molecule has 0 aromatic rings. The van der Waals surface area contributed by atoms with Crippen LogP contribution in [0.3, 0.4) is 0 Å². The maximum atomic E-state index is 10.2. The summed E-state index contributed by atoms with van der Waals surface area (Å²) in [6.07, 6.45) is 6.65. The normalized spacial score (nSPS) is 25.2. The summed E-state index contributed by atoms with van der Waals surface area (Å²) < 4.78 is 0. The molecule has 0 aliphatic carbocycles. The van der Waals surface area contributed by atoms with E-state index in [1.54, 1.807) is 0 Å². The van der Waals surface area contributed by atoms with Crippen molar-refractivity contribution in [3.63, 3.8) is 0 Å². The average Bonchev–Trinajstić information content (AvgIpc) is 2.64. The van der Waals surface area contributed by atoms with Crippen molar-refractivity contribution < 1.29 is 5.11 Å². The zero-order valence-electron chi connectivity index (χ0n) is 14.1. The van der Waals surface area contributed by atoms with E-state index in [1.807, 2.05) is 6.92 Å². The molecule has 20 heavy (non-hydrogen) atoms. The van der Waals surface area contributed by atoms with E-state index < -0.39 is 5.60 Å². The lowest BCUT2D eigenvalue weighted by atomic mass is 9.77. The average molecular weight is 284 g/mol. The second kappa shape index (κ2) is 7.77. The molecule has 1 aliphatic rings. The monoisotopic (exact) mass is 284 g/mol. The molecule has 0 bridgehead atoms. The van der Waals surface area contributed by atoms with Gasteiger partial charge in [-0.3, -0.25) is 0 Å². The van der Waals surface area contributed by atoms with Gasteiger partial charge in [0.1, 0.15) is 0 Å². The fourth-order valence-corrected chi connectivity index (χ4v) is 3.30. The second-order valence-corrected chi connectivity index (χ2v) is 7.72. The summed E-state index contributed by atoms with van der Waals surface area (Å²) in [5.74, 6) is 0.851. The third-order valence-electron chi connectivity index (χ3n) is 5.20. The maximum Gasteiger partial charge on any atom is 0.0767 e. The Morgan fingerprint density at radius 1 is 1.20 bits per heavy atom. The van der Waals surface area contributed by atoms with Crippen molar-refractivity contribution in [3.8, 4) is 0 Å². The lowest BCUT2D eigenvalue weighted by Gasteiger charge is -2.30. The van der Waals surface area contributed by atoms with E-state index in [0.717, 1.165) is 31.7 Å². The molecule has 3 heteroatoms. The van der Waals surface area contributed by atoms with Crippen LogP contribution in [0.4, 0.5) is 0 Å². The summed E-state index contributed by atoms with van der Waals surface area (Å²) >= 11 is 0. The van der Waals surface area contributed by atoms with Gasteiger partial charge < -0.3 is 15.7 Å².